The maximum absolute atomic E-state index is 5.02. The molecule has 1 fully saturated rings. The normalized spacial score (nSPS) is 23.3. The minimum atomic E-state index is 0.786. The zero-order chi connectivity index (χ0) is 7.40. The van der Waals surface area contributed by atoms with Gasteiger partial charge < -0.3 is 9.55 Å². The van der Waals surface area contributed by atoms with Crippen molar-refractivity contribution in [1.82, 2.24) is 9.71 Å². The van der Waals surface area contributed by atoms with Crippen LogP contribution in [0.5, 0.6) is 0 Å². The van der Waals surface area contributed by atoms with Crippen LogP contribution in [-0.4, -0.2) is 57.7 Å². The van der Waals surface area contributed by atoms with Crippen LogP contribution in [-0.2, 0) is 4.74 Å². The summed E-state index contributed by atoms with van der Waals surface area (Å²) in [6.07, 6.45) is 0. The Bertz CT molecular complexity index is 93.7. The lowest BCUT2D eigenvalue weighted by Crippen LogP contribution is -2.45. The average Bonchev–Trinajstić information content (AvgIpc) is 1.95. The van der Waals surface area contributed by atoms with E-state index in [0.29, 0.717) is 0 Å². The summed E-state index contributed by atoms with van der Waals surface area (Å²) in [6.45, 7) is 5.41. The van der Waals surface area contributed by atoms with Crippen molar-refractivity contribution in [3.8, 4) is 0 Å². The van der Waals surface area contributed by atoms with E-state index >= 15 is 0 Å². The summed E-state index contributed by atoms with van der Waals surface area (Å²) in [5, 5.41) is 0. The van der Waals surface area contributed by atoms with E-state index < -0.39 is 0 Å². The topological polar surface area (TPSA) is 15.7 Å². The molecule has 1 heterocycles. The maximum Gasteiger partial charge on any atom is 0.185 e. The summed E-state index contributed by atoms with van der Waals surface area (Å²) in [5.74, 6) is 0. The van der Waals surface area contributed by atoms with Crippen molar-refractivity contribution in [2.75, 3.05) is 40.0 Å². The zero-order valence-corrected chi connectivity index (χ0v) is 6.84. The second-order valence-electron chi connectivity index (χ2n) is 2.84. The van der Waals surface area contributed by atoms with Gasteiger partial charge in [0.1, 0.15) is 0 Å². The summed E-state index contributed by atoms with van der Waals surface area (Å²) in [7, 11) is 3.91. The lowest BCUT2D eigenvalue weighted by atomic mass is 10.2. The van der Waals surface area contributed by atoms with Gasteiger partial charge in [0.25, 0.3) is 0 Å². The van der Waals surface area contributed by atoms with Gasteiger partial charge in [-0.3, -0.25) is 4.90 Å². The van der Waals surface area contributed by atoms with E-state index in [-0.39, 0.29) is 0 Å². The minimum Gasteiger partial charge on any atom is -0.369 e. The number of rotatable bonds is 2. The van der Waals surface area contributed by atoms with Crippen molar-refractivity contribution < 1.29 is 4.74 Å². The Kier molecular flexibility index (Phi) is 3.18. The van der Waals surface area contributed by atoms with Gasteiger partial charge in [0.15, 0.2) is 7.98 Å². The lowest BCUT2D eigenvalue weighted by molar-refractivity contribution is 0.0427. The summed E-state index contributed by atoms with van der Waals surface area (Å²) in [6, 6.07) is 0. The molecule has 0 amide bonds. The van der Waals surface area contributed by atoms with Gasteiger partial charge in [-0.2, -0.15) is 0 Å². The van der Waals surface area contributed by atoms with E-state index in [4.69, 9.17) is 4.74 Å². The van der Waals surface area contributed by atoms with Crippen LogP contribution in [0.15, 0.2) is 0 Å². The SMILES string of the molecule is BN1CCN(COC)CC1. The van der Waals surface area contributed by atoms with Crippen LogP contribution in [0.2, 0.25) is 0 Å². The number of hydrogen-bond donors (Lipinski definition) is 0. The third-order valence-electron chi connectivity index (χ3n) is 1.91. The van der Waals surface area contributed by atoms with Crippen LogP contribution in [0.25, 0.3) is 0 Å². The highest BCUT2D eigenvalue weighted by Gasteiger charge is 2.11. The largest absolute Gasteiger partial charge is 0.369 e. The van der Waals surface area contributed by atoms with E-state index in [2.05, 4.69) is 17.7 Å². The Hall–Kier alpha value is -0.0551. The number of methoxy groups -OCH3 is 1. The molecule has 0 radical (unpaired) electrons. The van der Waals surface area contributed by atoms with Crippen molar-refractivity contribution in [2.24, 2.45) is 0 Å². The molecule has 0 bridgehead atoms. The summed E-state index contributed by atoms with van der Waals surface area (Å²) >= 11 is 0. The molecule has 1 saturated heterocycles. The first-order valence-electron chi connectivity index (χ1n) is 3.73. The second-order valence-corrected chi connectivity index (χ2v) is 2.84. The Balaban J connectivity index is 2.13. The molecule has 0 aliphatic carbocycles. The fraction of sp³-hybridized carbons (Fsp3) is 1.00. The molecule has 0 saturated carbocycles. The molecular weight excluding hydrogens is 127 g/mol. The first kappa shape index (κ1) is 8.05. The molecule has 0 aromatic carbocycles. The number of piperazine rings is 1. The Morgan fingerprint density at radius 1 is 1.30 bits per heavy atom. The third-order valence-corrected chi connectivity index (χ3v) is 1.91. The monoisotopic (exact) mass is 142 g/mol. The summed E-state index contributed by atoms with van der Waals surface area (Å²) in [5.41, 5.74) is 0. The van der Waals surface area contributed by atoms with Gasteiger partial charge in [-0.25, -0.2) is 0 Å². The maximum atomic E-state index is 5.02. The standard InChI is InChI=1S/C6H15BN2O/c1-10-6-8-2-4-9(7)5-3-8/h2-7H2,1H3. The number of ether oxygens (including phenoxy) is 1. The van der Waals surface area contributed by atoms with Gasteiger partial charge in [-0.15, -0.1) is 0 Å². The van der Waals surface area contributed by atoms with Crippen molar-refractivity contribution >= 4 is 7.98 Å². The van der Waals surface area contributed by atoms with Crippen molar-refractivity contribution in [1.29, 1.82) is 0 Å². The molecule has 4 heteroatoms. The lowest BCUT2D eigenvalue weighted by Gasteiger charge is -2.31. The first-order valence-corrected chi connectivity index (χ1v) is 3.73. The van der Waals surface area contributed by atoms with E-state index in [0.717, 1.165) is 19.8 Å². The van der Waals surface area contributed by atoms with E-state index in [1.807, 2.05) is 0 Å². The van der Waals surface area contributed by atoms with Crippen molar-refractivity contribution in [3.05, 3.63) is 0 Å². The molecule has 1 aliphatic heterocycles. The number of hydrogen-bond acceptors (Lipinski definition) is 3. The highest BCUT2D eigenvalue weighted by Crippen LogP contribution is 1.96. The molecule has 0 spiro atoms. The third kappa shape index (κ3) is 2.29. The van der Waals surface area contributed by atoms with Crippen LogP contribution in [0.3, 0.4) is 0 Å². The minimum absolute atomic E-state index is 0.786. The predicted molar refractivity (Wildman–Crippen MR) is 43.6 cm³/mol. The van der Waals surface area contributed by atoms with Gasteiger partial charge in [0.05, 0.1) is 6.73 Å². The quantitative estimate of drug-likeness (QED) is 0.448. The fourth-order valence-corrected chi connectivity index (χ4v) is 1.16. The highest BCUT2D eigenvalue weighted by molar-refractivity contribution is 6.04. The summed E-state index contributed by atoms with van der Waals surface area (Å²) < 4.78 is 5.02. The molecule has 0 aromatic rings. The zero-order valence-electron chi connectivity index (χ0n) is 6.84. The Morgan fingerprint density at radius 2 is 1.90 bits per heavy atom. The van der Waals surface area contributed by atoms with Gasteiger partial charge in [-0.05, 0) is 13.1 Å². The van der Waals surface area contributed by atoms with Gasteiger partial charge >= 0.3 is 0 Å². The van der Waals surface area contributed by atoms with Crippen LogP contribution < -0.4 is 0 Å². The van der Waals surface area contributed by atoms with Crippen LogP contribution in [0, 0.1) is 0 Å². The van der Waals surface area contributed by atoms with Crippen LogP contribution in [0.1, 0.15) is 0 Å². The van der Waals surface area contributed by atoms with Gasteiger partial charge in [-0.1, -0.05) is 0 Å². The van der Waals surface area contributed by atoms with Crippen LogP contribution in [0.4, 0.5) is 0 Å². The highest BCUT2D eigenvalue weighted by atomic mass is 16.5. The molecule has 3 nitrogen and oxygen atoms in total. The summed E-state index contributed by atoms with van der Waals surface area (Å²) in [4.78, 5) is 4.66. The van der Waals surface area contributed by atoms with E-state index in [1.165, 1.54) is 13.1 Å². The molecule has 0 aromatic heterocycles. The van der Waals surface area contributed by atoms with Crippen molar-refractivity contribution in [3.63, 3.8) is 0 Å². The Labute approximate surface area is 63.4 Å². The van der Waals surface area contributed by atoms with Crippen LogP contribution >= 0.6 is 0 Å². The smallest absolute Gasteiger partial charge is 0.185 e. The fourth-order valence-electron chi connectivity index (χ4n) is 1.16. The molecule has 0 unspecified atom stereocenters. The molecule has 10 heavy (non-hydrogen) atoms. The molecule has 58 valence electrons. The van der Waals surface area contributed by atoms with E-state index in [9.17, 15) is 0 Å². The molecule has 0 N–H and O–H groups in total. The number of nitrogens with zero attached hydrogens (tertiary/aromatic N) is 2. The second kappa shape index (κ2) is 3.96. The van der Waals surface area contributed by atoms with Gasteiger partial charge in [0.2, 0.25) is 0 Å². The average molecular weight is 142 g/mol. The van der Waals surface area contributed by atoms with Crippen molar-refractivity contribution in [2.45, 2.75) is 0 Å². The van der Waals surface area contributed by atoms with Gasteiger partial charge in [0, 0.05) is 20.2 Å². The first-order chi connectivity index (χ1) is 4.83. The molecule has 0 atom stereocenters. The van der Waals surface area contributed by atoms with E-state index in [1.54, 1.807) is 7.11 Å². The molecule has 1 rings (SSSR count). The molecule has 1 aliphatic rings. The Morgan fingerprint density at radius 3 is 2.40 bits per heavy atom. The predicted octanol–water partition coefficient (Wildman–Crippen LogP) is -1.24. The molecular formula is C6H15BN2O.